The van der Waals surface area contributed by atoms with E-state index in [1.807, 2.05) is 72.8 Å². The van der Waals surface area contributed by atoms with Crippen LogP contribution in [0.15, 0.2) is 199 Å². The van der Waals surface area contributed by atoms with E-state index in [4.69, 9.17) is 19.4 Å². The summed E-state index contributed by atoms with van der Waals surface area (Å²) < 4.78 is 8.62. The molecular formula is C51H32N4O. The molecule has 0 unspecified atom stereocenters. The molecule has 3 heterocycles. The fourth-order valence-electron chi connectivity index (χ4n) is 8.02. The van der Waals surface area contributed by atoms with Crippen molar-refractivity contribution in [3.8, 4) is 62.1 Å². The molecule has 0 aliphatic heterocycles. The van der Waals surface area contributed by atoms with E-state index in [1.54, 1.807) is 0 Å². The van der Waals surface area contributed by atoms with Crippen molar-refractivity contribution in [2.75, 3.05) is 0 Å². The maximum atomic E-state index is 6.23. The Morgan fingerprint density at radius 2 is 0.929 bits per heavy atom. The molecule has 0 amide bonds. The van der Waals surface area contributed by atoms with E-state index in [9.17, 15) is 0 Å². The summed E-state index contributed by atoms with van der Waals surface area (Å²) in [6.45, 7) is 0. The zero-order chi connectivity index (χ0) is 37.0. The van der Waals surface area contributed by atoms with Crippen LogP contribution < -0.4 is 0 Å². The molecule has 3 aromatic heterocycles. The van der Waals surface area contributed by atoms with Crippen molar-refractivity contribution in [2.45, 2.75) is 0 Å². The van der Waals surface area contributed by atoms with Gasteiger partial charge in [0.1, 0.15) is 11.2 Å². The topological polar surface area (TPSA) is 56.7 Å². The highest BCUT2D eigenvalue weighted by molar-refractivity contribution is 6.17. The van der Waals surface area contributed by atoms with Gasteiger partial charge in [-0.3, -0.25) is 0 Å². The monoisotopic (exact) mass is 716 g/mol. The number of nitrogens with zero attached hydrogens (tertiary/aromatic N) is 4. The van der Waals surface area contributed by atoms with E-state index < -0.39 is 0 Å². The molecule has 0 N–H and O–H groups in total. The largest absolute Gasteiger partial charge is 0.456 e. The van der Waals surface area contributed by atoms with Crippen molar-refractivity contribution in [1.29, 1.82) is 0 Å². The van der Waals surface area contributed by atoms with Gasteiger partial charge < -0.3 is 8.98 Å². The van der Waals surface area contributed by atoms with Crippen LogP contribution in [0.4, 0.5) is 0 Å². The van der Waals surface area contributed by atoms with Gasteiger partial charge in [-0.15, -0.1) is 0 Å². The Bertz CT molecular complexity index is 3180. The SMILES string of the molecule is c1ccc(-c2ccc3c(c2)c2c(-c4cccc(-c5nc(-c6ccccc6)nc(-c6ccccc6)n5)c4)cccc2n3-c2ccc3oc4ccccc4c3c2)cc1. The molecule has 5 nitrogen and oxygen atoms in total. The molecule has 0 saturated carbocycles. The van der Waals surface area contributed by atoms with Gasteiger partial charge in [-0.2, -0.15) is 0 Å². The second-order valence-corrected chi connectivity index (χ2v) is 14.0. The highest BCUT2D eigenvalue weighted by atomic mass is 16.3. The number of furan rings is 1. The lowest BCUT2D eigenvalue weighted by molar-refractivity contribution is 0.669. The van der Waals surface area contributed by atoms with Crippen LogP contribution in [-0.2, 0) is 0 Å². The molecule has 0 fully saturated rings. The van der Waals surface area contributed by atoms with Crippen molar-refractivity contribution in [1.82, 2.24) is 19.5 Å². The number of hydrogen-bond acceptors (Lipinski definition) is 4. The summed E-state index contributed by atoms with van der Waals surface area (Å²) >= 11 is 0. The highest BCUT2D eigenvalue weighted by Gasteiger charge is 2.19. The first-order valence-electron chi connectivity index (χ1n) is 18.8. The average molecular weight is 717 g/mol. The van der Waals surface area contributed by atoms with Crippen molar-refractivity contribution in [2.24, 2.45) is 0 Å². The Labute approximate surface area is 322 Å². The Morgan fingerprint density at radius 3 is 1.66 bits per heavy atom. The number of fused-ring (bicyclic) bond motifs is 6. The van der Waals surface area contributed by atoms with E-state index in [0.29, 0.717) is 17.5 Å². The first kappa shape index (κ1) is 31.9. The predicted molar refractivity (Wildman–Crippen MR) is 229 cm³/mol. The van der Waals surface area contributed by atoms with E-state index in [2.05, 4.69) is 126 Å². The Kier molecular flexibility index (Phi) is 7.42. The first-order valence-corrected chi connectivity index (χ1v) is 18.8. The lowest BCUT2D eigenvalue weighted by atomic mass is 9.96. The van der Waals surface area contributed by atoms with Gasteiger partial charge in [-0.05, 0) is 70.8 Å². The summed E-state index contributed by atoms with van der Waals surface area (Å²) in [6, 6.07) is 67.6. The van der Waals surface area contributed by atoms with Crippen LogP contribution >= 0.6 is 0 Å². The van der Waals surface area contributed by atoms with Crippen LogP contribution in [0.2, 0.25) is 0 Å². The number of rotatable bonds is 6. The lowest BCUT2D eigenvalue weighted by Gasteiger charge is -2.11. The molecule has 0 aliphatic carbocycles. The van der Waals surface area contributed by atoms with Crippen LogP contribution in [0.5, 0.6) is 0 Å². The van der Waals surface area contributed by atoms with Crippen LogP contribution in [0.25, 0.3) is 106 Å². The maximum absolute atomic E-state index is 6.23. The molecule has 0 spiro atoms. The van der Waals surface area contributed by atoms with Crippen LogP contribution in [0.3, 0.4) is 0 Å². The minimum Gasteiger partial charge on any atom is -0.456 e. The standard InChI is InChI=1S/C51H32N4O/c1-4-14-33(15-5-1)36-26-28-44-43(31-36)48-40(23-13-24-45(48)55(44)39-27-29-47-42(32-39)41-22-10-11-25-46(41)56-47)37-20-12-21-38(30-37)51-53-49(34-16-6-2-7-17-34)52-50(54-51)35-18-8-3-9-19-35/h1-32H. The third-order valence-electron chi connectivity index (χ3n) is 10.6. The van der Waals surface area contributed by atoms with E-state index in [1.165, 1.54) is 21.9 Å². The second kappa shape index (κ2) is 13.0. The molecule has 11 aromatic rings. The molecule has 0 atom stereocenters. The van der Waals surface area contributed by atoms with Crippen LogP contribution in [0.1, 0.15) is 0 Å². The van der Waals surface area contributed by atoms with Gasteiger partial charge >= 0.3 is 0 Å². The highest BCUT2D eigenvalue weighted by Crippen LogP contribution is 2.42. The smallest absolute Gasteiger partial charge is 0.164 e. The molecule has 0 saturated heterocycles. The summed E-state index contributed by atoms with van der Waals surface area (Å²) in [4.78, 5) is 15.0. The summed E-state index contributed by atoms with van der Waals surface area (Å²) in [5.41, 5.74) is 12.5. The van der Waals surface area contributed by atoms with Gasteiger partial charge in [0, 0.05) is 43.9 Å². The number of aromatic nitrogens is 4. The molecule has 11 rings (SSSR count). The van der Waals surface area contributed by atoms with Crippen LogP contribution in [0, 0.1) is 0 Å². The number of para-hydroxylation sites is 1. The van der Waals surface area contributed by atoms with E-state index in [-0.39, 0.29) is 0 Å². The lowest BCUT2D eigenvalue weighted by Crippen LogP contribution is -2.00. The minimum absolute atomic E-state index is 0.626. The third kappa shape index (κ3) is 5.37. The van der Waals surface area contributed by atoms with E-state index in [0.717, 1.165) is 66.5 Å². The predicted octanol–water partition coefficient (Wildman–Crippen LogP) is 13.2. The second-order valence-electron chi connectivity index (χ2n) is 14.0. The molecule has 0 radical (unpaired) electrons. The zero-order valence-corrected chi connectivity index (χ0v) is 30.2. The fourth-order valence-corrected chi connectivity index (χ4v) is 8.02. The van der Waals surface area contributed by atoms with Gasteiger partial charge in [-0.1, -0.05) is 146 Å². The first-order chi connectivity index (χ1) is 27.7. The van der Waals surface area contributed by atoms with Crippen LogP contribution in [-0.4, -0.2) is 19.5 Å². The Morgan fingerprint density at radius 1 is 0.339 bits per heavy atom. The maximum Gasteiger partial charge on any atom is 0.164 e. The molecule has 5 heteroatoms. The molecule has 0 aliphatic rings. The summed E-state index contributed by atoms with van der Waals surface area (Å²) in [7, 11) is 0. The van der Waals surface area contributed by atoms with E-state index >= 15 is 0 Å². The molecule has 0 bridgehead atoms. The normalized spacial score (nSPS) is 11.6. The van der Waals surface area contributed by atoms with Crippen molar-refractivity contribution >= 4 is 43.7 Å². The summed E-state index contributed by atoms with van der Waals surface area (Å²) in [6.07, 6.45) is 0. The molecular weight excluding hydrogens is 685 g/mol. The van der Waals surface area contributed by atoms with Gasteiger partial charge in [0.25, 0.3) is 0 Å². The quantitative estimate of drug-likeness (QED) is 0.172. The molecule has 56 heavy (non-hydrogen) atoms. The van der Waals surface area contributed by atoms with Gasteiger partial charge in [0.2, 0.25) is 0 Å². The number of benzene rings is 8. The van der Waals surface area contributed by atoms with Crippen molar-refractivity contribution in [3.05, 3.63) is 194 Å². The molecule has 262 valence electrons. The Hall–Kier alpha value is -7.63. The average Bonchev–Trinajstić information content (AvgIpc) is 3.82. The van der Waals surface area contributed by atoms with Gasteiger partial charge in [0.15, 0.2) is 17.5 Å². The number of hydrogen-bond donors (Lipinski definition) is 0. The summed E-state index contributed by atoms with van der Waals surface area (Å²) in [5, 5.41) is 4.57. The van der Waals surface area contributed by atoms with Gasteiger partial charge in [0.05, 0.1) is 11.0 Å². The zero-order valence-electron chi connectivity index (χ0n) is 30.2. The fraction of sp³-hybridized carbons (Fsp3) is 0. The van der Waals surface area contributed by atoms with Crippen molar-refractivity contribution < 1.29 is 4.42 Å². The van der Waals surface area contributed by atoms with Crippen molar-refractivity contribution in [3.63, 3.8) is 0 Å². The Balaban J connectivity index is 1.13. The summed E-state index contributed by atoms with van der Waals surface area (Å²) in [5.74, 6) is 1.91. The minimum atomic E-state index is 0.626. The molecule has 8 aromatic carbocycles. The third-order valence-corrected chi connectivity index (χ3v) is 10.6. The van der Waals surface area contributed by atoms with Gasteiger partial charge in [-0.25, -0.2) is 15.0 Å².